The van der Waals surface area contributed by atoms with Crippen molar-refractivity contribution in [3.05, 3.63) is 59.7 Å². The van der Waals surface area contributed by atoms with Crippen molar-refractivity contribution in [2.45, 2.75) is 37.5 Å². The lowest BCUT2D eigenvalue weighted by Gasteiger charge is -2.33. The highest BCUT2D eigenvalue weighted by atomic mass is 16.5. The SMILES string of the molecule is NN1COCN(c2ccc(C3CCC(c4ccc(O)cc4)CC3)cc2)C1=O. The summed E-state index contributed by atoms with van der Waals surface area (Å²) in [6.45, 7) is 0.349. The molecule has 142 valence electrons. The Balaban J connectivity index is 1.39. The van der Waals surface area contributed by atoms with Gasteiger partial charge in [0.25, 0.3) is 0 Å². The molecule has 3 N–H and O–H groups in total. The second kappa shape index (κ2) is 7.58. The monoisotopic (exact) mass is 367 g/mol. The van der Waals surface area contributed by atoms with Crippen LogP contribution in [-0.4, -0.2) is 29.6 Å². The molecular formula is C21H25N3O3. The summed E-state index contributed by atoms with van der Waals surface area (Å²) in [6.07, 6.45) is 4.59. The topological polar surface area (TPSA) is 79.0 Å². The summed E-state index contributed by atoms with van der Waals surface area (Å²) in [5, 5.41) is 10.5. The Morgan fingerprint density at radius 2 is 1.37 bits per heavy atom. The fraction of sp³-hybridized carbons (Fsp3) is 0.381. The molecule has 1 saturated carbocycles. The van der Waals surface area contributed by atoms with Crippen LogP contribution in [0.1, 0.15) is 48.6 Å². The molecule has 1 aliphatic carbocycles. The van der Waals surface area contributed by atoms with E-state index in [1.54, 1.807) is 12.1 Å². The van der Waals surface area contributed by atoms with E-state index in [0.717, 1.165) is 36.4 Å². The van der Waals surface area contributed by atoms with Crippen LogP contribution in [0.3, 0.4) is 0 Å². The van der Waals surface area contributed by atoms with Crippen LogP contribution in [0.4, 0.5) is 10.5 Å². The number of phenols is 1. The van der Waals surface area contributed by atoms with Crippen molar-refractivity contribution in [2.24, 2.45) is 5.84 Å². The summed E-state index contributed by atoms with van der Waals surface area (Å²) in [5.41, 5.74) is 3.44. The molecular weight excluding hydrogens is 342 g/mol. The smallest absolute Gasteiger partial charge is 0.342 e. The molecule has 2 aliphatic rings. The van der Waals surface area contributed by atoms with E-state index in [1.165, 1.54) is 16.0 Å². The highest BCUT2D eigenvalue weighted by Crippen LogP contribution is 2.41. The molecule has 27 heavy (non-hydrogen) atoms. The molecule has 0 atom stereocenters. The Bertz CT molecular complexity index is 783. The second-order valence-electron chi connectivity index (χ2n) is 7.37. The van der Waals surface area contributed by atoms with Gasteiger partial charge >= 0.3 is 6.03 Å². The molecule has 1 aliphatic heterocycles. The van der Waals surface area contributed by atoms with Gasteiger partial charge in [0.05, 0.1) is 0 Å². The molecule has 0 bridgehead atoms. The van der Waals surface area contributed by atoms with Gasteiger partial charge in [0.2, 0.25) is 0 Å². The minimum Gasteiger partial charge on any atom is -0.508 e. The first kappa shape index (κ1) is 17.8. The lowest BCUT2D eigenvalue weighted by atomic mass is 9.76. The van der Waals surface area contributed by atoms with E-state index in [-0.39, 0.29) is 19.5 Å². The largest absolute Gasteiger partial charge is 0.508 e. The lowest BCUT2D eigenvalue weighted by molar-refractivity contribution is 0.0242. The number of nitrogens with zero attached hydrogens (tertiary/aromatic N) is 2. The lowest BCUT2D eigenvalue weighted by Crippen LogP contribution is -2.53. The molecule has 6 heteroatoms. The van der Waals surface area contributed by atoms with Gasteiger partial charge in [0.15, 0.2) is 0 Å². The van der Waals surface area contributed by atoms with Crippen LogP contribution >= 0.6 is 0 Å². The summed E-state index contributed by atoms with van der Waals surface area (Å²) in [6, 6.07) is 15.5. The molecule has 0 aromatic heterocycles. The van der Waals surface area contributed by atoms with E-state index in [9.17, 15) is 9.90 Å². The molecule has 1 heterocycles. The number of carbonyl (C=O) groups excluding carboxylic acids is 1. The number of carbonyl (C=O) groups is 1. The zero-order valence-electron chi connectivity index (χ0n) is 15.3. The number of amides is 2. The zero-order chi connectivity index (χ0) is 18.8. The molecule has 2 aromatic carbocycles. The molecule has 4 rings (SSSR count). The number of urea groups is 1. The maximum absolute atomic E-state index is 12.1. The van der Waals surface area contributed by atoms with Crippen LogP contribution < -0.4 is 10.7 Å². The Labute approximate surface area is 159 Å². The number of hydrazine groups is 1. The van der Waals surface area contributed by atoms with E-state index in [4.69, 9.17) is 10.6 Å². The Morgan fingerprint density at radius 1 is 0.852 bits per heavy atom. The minimum atomic E-state index is -0.247. The predicted molar refractivity (Wildman–Crippen MR) is 103 cm³/mol. The first-order valence-electron chi connectivity index (χ1n) is 9.42. The molecule has 0 spiro atoms. The zero-order valence-corrected chi connectivity index (χ0v) is 15.3. The van der Waals surface area contributed by atoms with Gasteiger partial charge in [-0.25, -0.2) is 15.6 Å². The first-order chi connectivity index (χ1) is 13.1. The normalized spacial score (nSPS) is 23.5. The van der Waals surface area contributed by atoms with Crippen LogP contribution in [0.15, 0.2) is 48.5 Å². The molecule has 1 saturated heterocycles. The summed E-state index contributed by atoms with van der Waals surface area (Å²) in [4.78, 5) is 13.7. The highest BCUT2D eigenvalue weighted by molar-refractivity contribution is 5.91. The predicted octanol–water partition coefficient (Wildman–Crippen LogP) is 3.88. The first-order valence-corrected chi connectivity index (χ1v) is 9.42. The van der Waals surface area contributed by atoms with Gasteiger partial charge in [-0.15, -0.1) is 0 Å². The van der Waals surface area contributed by atoms with Gasteiger partial charge in [-0.3, -0.25) is 4.90 Å². The van der Waals surface area contributed by atoms with Crippen LogP contribution in [0.2, 0.25) is 0 Å². The Morgan fingerprint density at radius 3 is 1.93 bits per heavy atom. The third-order valence-corrected chi connectivity index (χ3v) is 5.70. The van der Waals surface area contributed by atoms with Gasteiger partial charge in [-0.05, 0) is 72.9 Å². The van der Waals surface area contributed by atoms with Gasteiger partial charge in [0, 0.05) is 5.69 Å². The van der Waals surface area contributed by atoms with Gasteiger partial charge in [0.1, 0.15) is 19.2 Å². The standard InChI is InChI=1S/C21H25N3O3/c22-24-14-27-13-23(21(24)26)19-9-5-17(6-10-19)15-1-3-16(4-2-15)18-7-11-20(25)12-8-18/h5-12,15-16,25H,1-4,13-14,22H2. The van der Waals surface area contributed by atoms with Crippen molar-refractivity contribution in [1.82, 2.24) is 5.01 Å². The molecule has 2 amide bonds. The molecule has 2 aromatic rings. The summed E-state index contributed by atoms with van der Waals surface area (Å²) < 4.78 is 5.32. The summed E-state index contributed by atoms with van der Waals surface area (Å²) in [7, 11) is 0. The van der Waals surface area contributed by atoms with Crippen molar-refractivity contribution in [3.8, 4) is 5.75 Å². The van der Waals surface area contributed by atoms with E-state index >= 15 is 0 Å². The van der Waals surface area contributed by atoms with Gasteiger partial charge in [-0.1, -0.05) is 24.3 Å². The summed E-state index contributed by atoms with van der Waals surface area (Å²) in [5.74, 6) is 7.06. The average molecular weight is 367 g/mol. The molecule has 0 radical (unpaired) electrons. The Kier molecular flexibility index (Phi) is 5.01. The van der Waals surface area contributed by atoms with Crippen LogP contribution in [0.5, 0.6) is 5.75 Å². The summed E-state index contributed by atoms with van der Waals surface area (Å²) >= 11 is 0. The number of phenolic OH excluding ortho intramolecular Hbond substituents is 1. The molecule has 6 nitrogen and oxygen atoms in total. The number of hydrogen-bond donors (Lipinski definition) is 2. The number of hydrogen-bond acceptors (Lipinski definition) is 4. The van der Waals surface area contributed by atoms with Crippen molar-refractivity contribution in [3.63, 3.8) is 0 Å². The fourth-order valence-corrected chi connectivity index (χ4v) is 4.11. The van der Waals surface area contributed by atoms with Crippen LogP contribution in [0, 0.1) is 0 Å². The third-order valence-electron chi connectivity index (χ3n) is 5.70. The number of nitrogens with two attached hydrogens (primary N) is 1. The van der Waals surface area contributed by atoms with E-state index in [1.807, 2.05) is 24.3 Å². The van der Waals surface area contributed by atoms with E-state index in [2.05, 4.69) is 12.1 Å². The average Bonchev–Trinajstić information content (AvgIpc) is 2.71. The third kappa shape index (κ3) is 3.77. The Hall–Kier alpha value is -2.57. The number of anilines is 1. The van der Waals surface area contributed by atoms with Crippen LogP contribution in [0.25, 0.3) is 0 Å². The number of rotatable bonds is 3. The fourth-order valence-electron chi connectivity index (χ4n) is 4.11. The van der Waals surface area contributed by atoms with E-state index < -0.39 is 0 Å². The van der Waals surface area contributed by atoms with Crippen molar-refractivity contribution in [2.75, 3.05) is 18.4 Å². The molecule has 0 unspecified atom stereocenters. The van der Waals surface area contributed by atoms with Gasteiger partial charge in [-0.2, -0.15) is 0 Å². The molecule has 2 fully saturated rings. The number of benzene rings is 2. The van der Waals surface area contributed by atoms with Gasteiger partial charge < -0.3 is 9.84 Å². The van der Waals surface area contributed by atoms with Crippen molar-refractivity contribution >= 4 is 11.7 Å². The maximum Gasteiger partial charge on any atom is 0.342 e. The van der Waals surface area contributed by atoms with Crippen molar-refractivity contribution in [1.29, 1.82) is 0 Å². The number of aromatic hydroxyl groups is 1. The van der Waals surface area contributed by atoms with Crippen molar-refractivity contribution < 1.29 is 14.6 Å². The minimum absolute atomic E-state index is 0.123. The van der Waals surface area contributed by atoms with Crippen LogP contribution in [-0.2, 0) is 4.74 Å². The quantitative estimate of drug-likeness (QED) is 0.637. The highest BCUT2D eigenvalue weighted by Gasteiger charge is 2.26. The van der Waals surface area contributed by atoms with E-state index in [0.29, 0.717) is 17.6 Å². The second-order valence-corrected chi connectivity index (χ2v) is 7.37. The number of ether oxygens (including phenoxy) is 1. The maximum atomic E-state index is 12.1.